The van der Waals surface area contributed by atoms with E-state index in [1.54, 1.807) is 0 Å². The van der Waals surface area contributed by atoms with Crippen LogP contribution in [0.3, 0.4) is 0 Å². The lowest BCUT2D eigenvalue weighted by atomic mass is 10.1. The van der Waals surface area contributed by atoms with Crippen molar-refractivity contribution in [2.75, 3.05) is 0 Å². The molecule has 0 unspecified atom stereocenters. The lowest BCUT2D eigenvalue weighted by Gasteiger charge is -1.96. The summed E-state index contributed by atoms with van der Waals surface area (Å²) in [6.07, 6.45) is 5.49. The van der Waals surface area contributed by atoms with Gasteiger partial charge in [0, 0.05) is 0 Å². The third-order valence-electron chi connectivity index (χ3n) is 2.47. The van der Waals surface area contributed by atoms with Crippen LogP contribution in [0.25, 0.3) is 18.2 Å². The minimum absolute atomic E-state index is 1.14. The maximum atomic E-state index is 4.76. The highest BCUT2D eigenvalue weighted by molar-refractivity contribution is 6.25. The Morgan fingerprint density at radius 1 is 0.619 bits per heavy atom. The third-order valence-corrected chi connectivity index (χ3v) is 2.47. The molecule has 0 fully saturated rings. The molecule has 0 heterocycles. The maximum absolute atomic E-state index is 4.76. The molecule has 108 valence electrons. The monoisotopic (exact) mass is 296 g/mol. The Labute approximate surface area is 133 Å². The largest absolute Gasteiger partial charge is 0.0985 e. The molecule has 0 aromatic heterocycles. The first kappa shape index (κ1) is 18.7. The van der Waals surface area contributed by atoms with E-state index < -0.39 is 0 Å². The molecule has 0 atom stereocenters. The van der Waals surface area contributed by atoms with Crippen LogP contribution in [0.15, 0.2) is 86.4 Å². The SMILES string of the molecule is C=CCl.C=Cc1ccccc1.C=Cc1ccccc1C=C. The first-order chi connectivity index (χ1) is 10.2. The highest BCUT2D eigenvalue weighted by Crippen LogP contribution is 2.10. The van der Waals surface area contributed by atoms with E-state index in [4.69, 9.17) is 11.6 Å². The summed E-state index contributed by atoms with van der Waals surface area (Å²) < 4.78 is 0. The van der Waals surface area contributed by atoms with Gasteiger partial charge in [0.25, 0.3) is 0 Å². The van der Waals surface area contributed by atoms with Gasteiger partial charge in [0.05, 0.1) is 0 Å². The molecule has 2 aromatic rings. The summed E-state index contributed by atoms with van der Waals surface area (Å²) in [6, 6.07) is 18.0. The van der Waals surface area contributed by atoms with Crippen molar-refractivity contribution >= 4 is 29.8 Å². The molecular weight excluding hydrogens is 276 g/mol. The van der Waals surface area contributed by atoms with Gasteiger partial charge in [0.2, 0.25) is 0 Å². The fourth-order valence-electron chi connectivity index (χ4n) is 1.47. The standard InChI is InChI=1S/C10H10.C8H8.C2H3Cl/c1-3-9-7-5-6-8-10(9)4-2;1-2-8-6-4-3-5-7-8;1-2-3/h3-8H,1-2H2;2-7H,1H2;2H,1H2. The third kappa shape index (κ3) is 8.46. The second-order valence-corrected chi connectivity index (χ2v) is 4.11. The smallest absolute Gasteiger partial charge is 0.00296 e. The Hall–Kier alpha value is -2.31. The van der Waals surface area contributed by atoms with Gasteiger partial charge in [-0.25, -0.2) is 0 Å². The van der Waals surface area contributed by atoms with Gasteiger partial charge in [-0.2, -0.15) is 0 Å². The van der Waals surface area contributed by atoms with Gasteiger partial charge in [-0.15, -0.1) is 0 Å². The summed E-state index contributed by atoms with van der Waals surface area (Å²) in [5.41, 5.74) is 4.67. The highest BCUT2D eigenvalue weighted by atomic mass is 35.5. The summed E-state index contributed by atoms with van der Waals surface area (Å²) >= 11 is 4.76. The number of hydrogen-bond acceptors (Lipinski definition) is 0. The quantitative estimate of drug-likeness (QED) is 0.593. The van der Waals surface area contributed by atoms with Crippen molar-refractivity contribution in [3.05, 3.63) is 103 Å². The van der Waals surface area contributed by atoms with Crippen LogP contribution in [0.2, 0.25) is 0 Å². The molecule has 0 bridgehead atoms. The first-order valence-electron chi connectivity index (χ1n) is 6.46. The van der Waals surface area contributed by atoms with Crippen LogP contribution in [0.4, 0.5) is 0 Å². The summed E-state index contributed by atoms with van der Waals surface area (Å²) in [7, 11) is 0. The van der Waals surface area contributed by atoms with Gasteiger partial charge in [-0.3, -0.25) is 0 Å². The van der Waals surface area contributed by atoms with Crippen molar-refractivity contribution in [3.63, 3.8) is 0 Å². The first-order valence-corrected chi connectivity index (χ1v) is 6.89. The Bertz CT molecular complexity index is 526. The second kappa shape index (κ2) is 12.7. The van der Waals surface area contributed by atoms with Crippen molar-refractivity contribution < 1.29 is 0 Å². The van der Waals surface area contributed by atoms with Crippen molar-refractivity contribution in [2.24, 2.45) is 0 Å². The number of benzene rings is 2. The molecule has 0 N–H and O–H groups in total. The van der Waals surface area contributed by atoms with E-state index in [1.807, 2.05) is 72.8 Å². The average Bonchev–Trinajstić information content (AvgIpc) is 2.56. The van der Waals surface area contributed by atoms with Crippen LogP contribution in [0.1, 0.15) is 16.7 Å². The van der Waals surface area contributed by atoms with Crippen molar-refractivity contribution in [2.45, 2.75) is 0 Å². The molecule has 0 aliphatic heterocycles. The fourth-order valence-corrected chi connectivity index (χ4v) is 1.47. The lowest BCUT2D eigenvalue weighted by molar-refractivity contribution is 1.62. The Kier molecular flexibility index (Phi) is 11.3. The molecule has 0 saturated carbocycles. The molecule has 0 nitrogen and oxygen atoms in total. The number of hydrogen-bond donors (Lipinski definition) is 0. The summed E-state index contributed by atoms with van der Waals surface area (Å²) in [4.78, 5) is 0. The summed E-state index contributed by atoms with van der Waals surface area (Å²) in [5.74, 6) is 0. The summed E-state index contributed by atoms with van der Waals surface area (Å²) in [6.45, 7) is 14.1. The maximum Gasteiger partial charge on any atom is -0.00296 e. The topological polar surface area (TPSA) is 0 Å². The van der Waals surface area contributed by atoms with Crippen molar-refractivity contribution in [1.29, 1.82) is 0 Å². The minimum Gasteiger partial charge on any atom is -0.0985 e. The molecule has 0 spiro atoms. The zero-order valence-corrected chi connectivity index (χ0v) is 13.0. The Balaban J connectivity index is 0.000000327. The molecule has 1 heteroatoms. The van der Waals surface area contributed by atoms with Gasteiger partial charge < -0.3 is 0 Å². The van der Waals surface area contributed by atoms with Gasteiger partial charge in [-0.1, -0.05) is 111 Å². The molecule has 0 saturated heterocycles. The van der Waals surface area contributed by atoms with Crippen molar-refractivity contribution in [1.82, 2.24) is 0 Å². The van der Waals surface area contributed by atoms with Gasteiger partial charge in [0.15, 0.2) is 0 Å². The Morgan fingerprint density at radius 3 is 1.29 bits per heavy atom. The molecule has 21 heavy (non-hydrogen) atoms. The van der Waals surface area contributed by atoms with Crippen LogP contribution in [-0.2, 0) is 0 Å². The highest BCUT2D eigenvalue weighted by Gasteiger charge is 1.89. The number of rotatable bonds is 3. The van der Waals surface area contributed by atoms with E-state index in [9.17, 15) is 0 Å². The molecular formula is C20H21Cl. The van der Waals surface area contributed by atoms with Gasteiger partial charge in [-0.05, 0) is 22.2 Å². The van der Waals surface area contributed by atoms with Crippen LogP contribution in [0, 0.1) is 0 Å². The van der Waals surface area contributed by atoms with Crippen LogP contribution in [0.5, 0.6) is 0 Å². The van der Waals surface area contributed by atoms with E-state index in [1.165, 1.54) is 11.1 Å². The zero-order chi connectivity index (χ0) is 15.9. The van der Waals surface area contributed by atoms with E-state index in [0.29, 0.717) is 0 Å². The number of halogens is 1. The molecule has 0 aliphatic rings. The molecule has 0 aliphatic carbocycles. The summed E-state index contributed by atoms with van der Waals surface area (Å²) in [5, 5.41) is 0. The van der Waals surface area contributed by atoms with E-state index in [0.717, 1.165) is 11.1 Å². The van der Waals surface area contributed by atoms with Crippen LogP contribution in [-0.4, -0.2) is 0 Å². The molecule has 0 amide bonds. The van der Waals surface area contributed by atoms with Crippen molar-refractivity contribution in [3.8, 4) is 0 Å². The van der Waals surface area contributed by atoms with Crippen LogP contribution >= 0.6 is 11.6 Å². The predicted molar refractivity (Wildman–Crippen MR) is 99.2 cm³/mol. The molecule has 2 rings (SSSR count). The molecule has 2 aromatic carbocycles. The average molecular weight is 297 g/mol. The fraction of sp³-hybridized carbons (Fsp3) is 0. The molecule has 0 radical (unpaired) electrons. The minimum atomic E-state index is 1.14. The van der Waals surface area contributed by atoms with Gasteiger partial charge >= 0.3 is 0 Å². The predicted octanol–water partition coefficient (Wildman–Crippen LogP) is 6.67. The normalized spacial score (nSPS) is 8.05. The van der Waals surface area contributed by atoms with Crippen LogP contribution < -0.4 is 0 Å². The van der Waals surface area contributed by atoms with Gasteiger partial charge in [0.1, 0.15) is 0 Å². The Morgan fingerprint density at radius 2 is 1.00 bits per heavy atom. The zero-order valence-electron chi connectivity index (χ0n) is 12.2. The lowest BCUT2D eigenvalue weighted by Crippen LogP contribution is -1.76. The van der Waals surface area contributed by atoms with E-state index in [-0.39, 0.29) is 0 Å². The van der Waals surface area contributed by atoms with E-state index in [2.05, 4.69) is 26.3 Å². The second-order valence-electron chi connectivity index (χ2n) is 3.81. The van der Waals surface area contributed by atoms with E-state index >= 15 is 0 Å².